The van der Waals surface area contributed by atoms with Gasteiger partial charge in [0.05, 0.1) is 11.4 Å². The maximum Gasteiger partial charge on any atom is 0.220 e. The quantitative estimate of drug-likeness (QED) is 0.832. The molecule has 1 saturated heterocycles. The minimum atomic E-state index is -0.179. The molecule has 0 aromatic heterocycles. The molecular formula is C18H30N4O. The van der Waals surface area contributed by atoms with E-state index in [0.29, 0.717) is 6.42 Å². The third-order valence-electron chi connectivity index (χ3n) is 4.09. The first-order valence-corrected chi connectivity index (χ1v) is 8.37. The first-order valence-electron chi connectivity index (χ1n) is 8.37. The van der Waals surface area contributed by atoms with Crippen LogP contribution in [0.4, 0.5) is 11.4 Å². The first-order chi connectivity index (χ1) is 10.7. The molecule has 0 unspecified atom stereocenters. The van der Waals surface area contributed by atoms with Gasteiger partial charge in [0.1, 0.15) is 0 Å². The smallest absolute Gasteiger partial charge is 0.220 e. The number of amides is 1. The highest BCUT2D eigenvalue weighted by molar-refractivity contribution is 5.77. The zero-order valence-electron chi connectivity index (χ0n) is 14.9. The normalized spacial score (nSPS) is 16.4. The molecule has 5 heteroatoms. The molecule has 0 bridgehead atoms. The van der Waals surface area contributed by atoms with E-state index >= 15 is 0 Å². The van der Waals surface area contributed by atoms with E-state index in [0.717, 1.165) is 49.5 Å². The van der Waals surface area contributed by atoms with Crippen molar-refractivity contribution in [1.29, 1.82) is 0 Å². The summed E-state index contributed by atoms with van der Waals surface area (Å²) in [6.45, 7) is 10.1. The van der Waals surface area contributed by atoms with Gasteiger partial charge in [0, 0.05) is 38.1 Å². The molecule has 1 amide bonds. The lowest BCUT2D eigenvalue weighted by Crippen LogP contribution is -2.44. The molecule has 1 heterocycles. The van der Waals surface area contributed by atoms with E-state index < -0.39 is 0 Å². The number of hydrogen-bond donors (Lipinski definition) is 2. The van der Waals surface area contributed by atoms with Crippen LogP contribution < -0.4 is 16.0 Å². The zero-order valence-corrected chi connectivity index (χ0v) is 14.9. The molecule has 0 spiro atoms. The molecule has 3 N–H and O–H groups in total. The summed E-state index contributed by atoms with van der Waals surface area (Å²) in [6, 6.07) is 6.20. The number of nitrogen functional groups attached to an aromatic ring is 1. The second-order valence-electron chi connectivity index (χ2n) is 7.48. The number of likely N-dealkylation sites (N-methyl/N-ethyl adjacent to an activating group) is 1. The molecule has 1 aliphatic rings. The van der Waals surface area contributed by atoms with Crippen LogP contribution >= 0.6 is 0 Å². The number of aryl methyl sites for hydroxylation is 1. The number of carbonyl (C=O) groups is 1. The molecule has 1 aliphatic heterocycles. The average Bonchev–Trinajstić information content (AvgIpc) is 2.45. The number of hydrogen-bond acceptors (Lipinski definition) is 4. The van der Waals surface area contributed by atoms with Gasteiger partial charge >= 0.3 is 0 Å². The first kappa shape index (κ1) is 17.6. The second-order valence-corrected chi connectivity index (χ2v) is 7.48. The highest BCUT2D eigenvalue weighted by Crippen LogP contribution is 2.25. The van der Waals surface area contributed by atoms with Crippen LogP contribution in [0.3, 0.4) is 0 Å². The molecule has 1 aromatic rings. The Kier molecular flexibility index (Phi) is 5.52. The summed E-state index contributed by atoms with van der Waals surface area (Å²) in [4.78, 5) is 16.6. The molecule has 0 atom stereocenters. The Hall–Kier alpha value is -1.75. The van der Waals surface area contributed by atoms with Crippen LogP contribution in [-0.4, -0.2) is 49.6 Å². The highest BCUT2D eigenvalue weighted by atomic mass is 16.1. The molecule has 5 nitrogen and oxygen atoms in total. The summed E-state index contributed by atoms with van der Waals surface area (Å²) in [5.74, 6) is 0.0826. The lowest BCUT2D eigenvalue weighted by molar-refractivity contribution is -0.122. The minimum absolute atomic E-state index is 0.0826. The van der Waals surface area contributed by atoms with E-state index in [4.69, 9.17) is 5.73 Å². The van der Waals surface area contributed by atoms with Gasteiger partial charge in [0.15, 0.2) is 0 Å². The van der Waals surface area contributed by atoms with Gasteiger partial charge < -0.3 is 20.9 Å². The number of piperazine rings is 1. The predicted octanol–water partition coefficient (Wildman–Crippen LogP) is 1.87. The van der Waals surface area contributed by atoms with E-state index in [2.05, 4.69) is 34.3 Å². The van der Waals surface area contributed by atoms with E-state index in [9.17, 15) is 4.79 Å². The van der Waals surface area contributed by atoms with Crippen molar-refractivity contribution in [2.75, 3.05) is 43.9 Å². The Bertz CT molecular complexity index is 542. The lowest BCUT2D eigenvalue weighted by Gasteiger charge is -2.34. The Morgan fingerprint density at radius 3 is 2.43 bits per heavy atom. The van der Waals surface area contributed by atoms with Crippen LogP contribution in [0.2, 0.25) is 0 Å². The number of benzene rings is 1. The molecular weight excluding hydrogens is 288 g/mol. The fourth-order valence-electron chi connectivity index (χ4n) is 2.83. The maximum absolute atomic E-state index is 11.9. The van der Waals surface area contributed by atoms with E-state index in [1.165, 1.54) is 0 Å². The van der Waals surface area contributed by atoms with Crippen LogP contribution in [-0.2, 0) is 11.2 Å². The van der Waals surface area contributed by atoms with Crippen LogP contribution in [0.15, 0.2) is 18.2 Å². The van der Waals surface area contributed by atoms with Crippen molar-refractivity contribution in [3.05, 3.63) is 23.8 Å². The van der Waals surface area contributed by atoms with Gasteiger partial charge in [-0.05, 0) is 51.9 Å². The summed E-state index contributed by atoms with van der Waals surface area (Å²) >= 11 is 0. The Morgan fingerprint density at radius 2 is 1.87 bits per heavy atom. The van der Waals surface area contributed by atoms with Crippen LogP contribution in [0, 0.1) is 0 Å². The monoisotopic (exact) mass is 318 g/mol. The zero-order chi connectivity index (χ0) is 17.0. The van der Waals surface area contributed by atoms with Gasteiger partial charge in [0.25, 0.3) is 0 Å². The second kappa shape index (κ2) is 7.21. The topological polar surface area (TPSA) is 61.6 Å². The van der Waals surface area contributed by atoms with Crippen LogP contribution in [0.1, 0.15) is 32.8 Å². The summed E-state index contributed by atoms with van der Waals surface area (Å²) in [5, 5.41) is 2.99. The van der Waals surface area contributed by atoms with Gasteiger partial charge in [-0.2, -0.15) is 0 Å². The summed E-state index contributed by atoms with van der Waals surface area (Å²) < 4.78 is 0. The maximum atomic E-state index is 11.9. The van der Waals surface area contributed by atoms with Gasteiger partial charge in [-0.1, -0.05) is 6.07 Å². The van der Waals surface area contributed by atoms with Crippen molar-refractivity contribution in [3.63, 3.8) is 0 Å². The van der Waals surface area contributed by atoms with Gasteiger partial charge in [-0.3, -0.25) is 4.79 Å². The largest absolute Gasteiger partial charge is 0.397 e. The van der Waals surface area contributed by atoms with Crippen molar-refractivity contribution in [2.45, 2.75) is 39.2 Å². The lowest BCUT2D eigenvalue weighted by atomic mass is 10.1. The fourth-order valence-corrected chi connectivity index (χ4v) is 2.83. The van der Waals surface area contributed by atoms with Gasteiger partial charge in [-0.15, -0.1) is 0 Å². The molecule has 23 heavy (non-hydrogen) atoms. The fraction of sp³-hybridized carbons (Fsp3) is 0.611. The third-order valence-corrected chi connectivity index (χ3v) is 4.09. The Morgan fingerprint density at radius 1 is 1.22 bits per heavy atom. The summed E-state index contributed by atoms with van der Waals surface area (Å²) in [5.41, 5.74) is 9.10. The van der Waals surface area contributed by atoms with E-state index in [-0.39, 0.29) is 11.4 Å². The van der Waals surface area contributed by atoms with E-state index in [1.807, 2.05) is 26.8 Å². The number of nitrogens with one attached hydrogen (secondary N) is 1. The average molecular weight is 318 g/mol. The van der Waals surface area contributed by atoms with Crippen LogP contribution in [0.25, 0.3) is 0 Å². The number of nitrogens with zero attached hydrogens (tertiary/aromatic N) is 2. The number of nitrogens with two attached hydrogens (primary N) is 1. The number of anilines is 2. The molecule has 0 aliphatic carbocycles. The number of carbonyl (C=O) groups excluding carboxylic acids is 1. The predicted molar refractivity (Wildman–Crippen MR) is 96.8 cm³/mol. The van der Waals surface area contributed by atoms with Crippen molar-refractivity contribution in [3.8, 4) is 0 Å². The SMILES string of the molecule is CN1CCN(c2ccc(CCC(=O)NC(C)(C)C)cc2N)CC1. The Balaban J connectivity index is 1.93. The molecule has 0 radical (unpaired) electrons. The number of rotatable bonds is 4. The van der Waals surface area contributed by atoms with Gasteiger partial charge in [0.2, 0.25) is 5.91 Å². The van der Waals surface area contributed by atoms with Crippen LogP contribution in [0.5, 0.6) is 0 Å². The van der Waals surface area contributed by atoms with Crippen molar-refractivity contribution in [2.24, 2.45) is 0 Å². The van der Waals surface area contributed by atoms with Gasteiger partial charge in [-0.25, -0.2) is 0 Å². The van der Waals surface area contributed by atoms with E-state index in [1.54, 1.807) is 0 Å². The molecule has 1 fully saturated rings. The summed E-state index contributed by atoms with van der Waals surface area (Å²) in [6.07, 6.45) is 1.21. The molecule has 128 valence electrons. The molecule has 2 rings (SSSR count). The third kappa shape index (κ3) is 5.43. The van der Waals surface area contributed by atoms with Crippen molar-refractivity contribution >= 4 is 17.3 Å². The standard InChI is InChI=1S/C18H30N4O/c1-18(2,3)20-17(23)8-6-14-5-7-16(15(19)13-14)22-11-9-21(4)10-12-22/h5,7,13H,6,8-12,19H2,1-4H3,(H,20,23). The minimum Gasteiger partial charge on any atom is -0.397 e. The van der Waals surface area contributed by atoms with Crippen molar-refractivity contribution < 1.29 is 4.79 Å². The Labute approximate surface area is 139 Å². The summed E-state index contributed by atoms with van der Waals surface area (Å²) in [7, 11) is 2.15. The molecule has 1 aromatic carbocycles. The van der Waals surface area contributed by atoms with Crippen molar-refractivity contribution in [1.82, 2.24) is 10.2 Å². The highest BCUT2D eigenvalue weighted by Gasteiger charge is 2.17. The molecule has 0 saturated carbocycles.